The molecule has 2 aliphatic heterocycles. The molecule has 2 fully saturated rings. The van der Waals surface area contributed by atoms with E-state index < -0.39 is 6.04 Å². The van der Waals surface area contributed by atoms with Crippen LogP contribution < -0.4 is 5.32 Å². The fourth-order valence-electron chi connectivity index (χ4n) is 3.85. The lowest BCUT2D eigenvalue weighted by molar-refractivity contribution is -0.140. The molecule has 8 nitrogen and oxygen atoms in total. The highest BCUT2D eigenvalue weighted by molar-refractivity contribution is 7.99. The Morgan fingerprint density at radius 3 is 2.52 bits per heavy atom. The Balaban J connectivity index is 1.34. The van der Waals surface area contributed by atoms with E-state index in [1.807, 2.05) is 6.07 Å². The van der Waals surface area contributed by atoms with E-state index in [1.54, 1.807) is 58.0 Å². The van der Waals surface area contributed by atoms with Gasteiger partial charge < -0.3 is 19.5 Å². The van der Waals surface area contributed by atoms with Gasteiger partial charge in [-0.3, -0.25) is 14.4 Å². The van der Waals surface area contributed by atoms with Crippen LogP contribution in [0.5, 0.6) is 0 Å². The number of hydrogen-bond acceptors (Lipinski definition) is 6. The van der Waals surface area contributed by atoms with Crippen LogP contribution in [0.3, 0.4) is 0 Å². The lowest BCUT2D eigenvalue weighted by Gasteiger charge is -2.34. The lowest BCUT2D eigenvalue weighted by atomic mass is 9.94. The number of thioether (sulfide) groups is 1. The van der Waals surface area contributed by atoms with Crippen molar-refractivity contribution in [3.05, 3.63) is 54.0 Å². The number of nitriles is 1. The molecule has 31 heavy (non-hydrogen) atoms. The lowest BCUT2D eigenvalue weighted by Crippen LogP contribution is -2.49. The van der Waals surface area contributed by atoms with Crippen LogP contribution in [0.2, 0.25) is 0 Å². The first-order valence-electron chi connectivity index (χ1n) is 10.1. The normalized spacial score (nSPS) is 19.1. The summed E-state index contributed by atoms with van der Waals surface area (Å²) in [5.74, 6) is 0.708. The van der Waals surface area contributed by atoms with Crippen LogP contribution in [-0.4, -0.2) is 58.3 Å². The summed E-state index contributed by atoms with van der Waals surface area (Å²) in [5.41, 5.74) is 1.11. The van der Waals surface area contributed by atoms with Crippen LogP contribution in [0.25, 0.3) is 0 Å². The average Bonchev–Trinajstić information content (AvgIpc) is 3.51. The standard InChI is InChI=1S/C22H22N4O4S/c23-12-15-3-5-17(6-4-15)24-20(27)18-13-31-14-26(18)21(28)16-7-9-25(10-8-16)22(29)19-2-1-11-30-19/h1-6,11,16,18H,7-10,13-14H2,(H,24,27). The summed E-state index contributed by atoms with van der Waals surface area (Å²) in [6, 6.07) is 11.5. The molecule has 2 saturated heterocycles. The van der Waals surface area contributed by atoms with Crippen LogP contribution in [0.15, 0.2) is 47.1 Å². The molecule has 160 valence electrons. The number of carbonyl (C=O) groups excluding carboxylic acids is 3. The van der Waals surface area contributed by atoms with Crippen molar-refractivity contribution < 1.29 is 18.8 Å². The van der Waals surface area contributed by atoms with Gasteiger partial charge in [-0.1, -0.05) is 0 Å². The fourth-order valence-corrected chi connectivity index (χ4v) is 5.01. The number of anilines is 1. The average molecular weight is 439 g/mol. The summed E-state index contributed by atoms with van der Waals surface area (Å²) in [4.78, 5) is 41.7. The predicted octanol–water partition coefficient (Wildman–Crippen LogP) is 2.54. The topological polar surface area (TPSA) is 107 Å². The first kappa shape index (κ1) is 21.0. The number of rotatable bonds is 4. The molecular weight excluding hydrogens is 416 g/mol. The number of benzene rings is 1. The monoisotopic (exact) mass is 438 g/mol. The van der Waals surface area contributed by atoms with E-state index in [0.717, 1.165) is 0 Å². The van der Waals surface area contributed by atoms with Crippen molar-refractivity contribution >= 4 is 35.2 Å². The number of nitrogens with one attached hydrogen (secondary N) is 1. The summed E-state index contributed by atoms with van der Waals surface area (Å²) in [6.45, 7) is 0.970. The Kier molecular flexibility index (Phi) is 6.28. The summed E-state index contributed by atoms with van der Waals surface area (Å²) >= 11 is 1.56. The fraction of sp³-hybridized carbons (Fsp3) is 0.364. The minimum atomic E-state index is -0.532. The minimum Gasteiger partial charge on any atom is -0.459 e. The first-order valence-corrected chi connectivity index (χ1v) is 11.2. The second-order valence-corrected chi connectivity index (χ2v) is 8.55. The van der Waals surface area contributed by atoms with E-state index in [4.69, 9.17) is 9.68 Å². The van der Waals surface area contributed by atoms with Gasteiger partial charge in [0.1, 0.15) is 6.04 Å². The molecule has 0 aliphatic carbocycles. The first-order chi connectivity index (χ1) is 15.1. The zero-order chi connectivity index (χ0) is 21.8. The van der Waals surface area contributed by atoms with Crippen molar-refractivity contribution in [1.82, 2.24) is 9.80 Å². The second-order valence-electron chi connectivity index (χ2n) is 7.55. The highest BCUT2D eigenvalue weighted by Crippen LogP contribution is 2.28. The Morgan fingerprint density at radius 2 is 1.87 bits per heavy atom. The third-order valence-corrected chi connectivity index (χ3v) is 6.63. The number of furan rings is 1. The van der Waals surface area contributed by atoms with Crippen LogP contribution in [-0.2, 0) is 9.59 Å². The molecule has 1 unspecified atom stereocenters. The molecule has 1 aromatic heterocycles. The SMILES string of the molecule is N#Cc1ccc(NC(=O)C2CSCN2C(=O)C2CCN(C(=O)c3ccco3)CC2)cc1. The van der Waals surface area contributed by atoms with E-state index in [9.17, 15) is 14.4 Å². The number of piperidine rings is 1. The zero-order valence-electron chi connectivity index (χ0n) is 16.8. The van der Waals surface area contributed by atoms with Crippen LogP contribution in [0.4, 0.5) is 5.69 Å². The van der Waals surface area contributed by atoms with Crippen LogP contribution in [0, 0.1) is 17.2 Å². The molecule has 0 radical (unpaired) electrons. The minimum absolute atomic E-state index is 0.0323. The molecule has 2 aliphatic rings. The highest BCUT2D eigenvalue weighted by Gasteiger charge is 2.39. The maximum atomic E-state index is 13.1. The number of hydrogen-bond donors (Lipinski definition) is 1. The van der Waals surface area contributed by atoms with Crippen molar-refractivity contribution in [2.75, 3.05) is 30.0 Å². The summed E-state index contributed by atoms with van der Waals surface area (Å²) in [5, 5.41) is 11.7. The van der Waals surface area contributed by atoms with Crippen molar-refractivity contribution in [1.29, 1.82) is 5.26 Å². The molecule has 0 saturated carbocycles. The molecule has 2 aromatic rings. The van der Waals surface area contributed by atoms with Gasteiger partial charge in [0, 0.05) is 30.4 Å². The number of likely N-dealkylation sites (tertiary alicyclic amines) is 1. The number of carbonyl (C=O) groups is 3. The van der Waals surface area contributed by atoms with E-state index in [0.29, 0.717) is 54.6 Å². The molecule has 1 N–H and O–H groups in total. The predicted molar refractivity (Wildman–Crippen MR) is 115 cm³/mol. The van der Waals surface area contributed by atoms with Crippen LogP contribution >= 0.6 is 11.8 Å². The van der Waals surface area contributed by atoms with Gasteiger partial charge in [-0.25, -0.2) is 0 Å². The summed E-state index contributed by atoms with van der Waals surface area (Å²) in [7, 11) is 0. The van der Waals surface area contributed by atoms with Crippen molar-refractivity contribution in [3.8, 4) is 6.07 Å². The van der Waals surface area contributed by atoms with Gasteiger partial charge in [0.15, 0.2) is 5.76 Å². The number of nitrogens with zero attached hydrogens (tertiary/aromatic N) is 3. The van der Waals surface area contributed by atoms with Gasteiger partial charge in [0.25, 0.3) is 5.91 Å². The molecule has 0 spiro atoms. The molecule has 3 heterocycles. The summed E-state index contributed by atoms with van der Waals surface area (Å²) in [6.07, 6.45) is 2.60. The van der Waals surface area contributed by atoms with Crippen molar-refractivity contribution in [2.45, 2.75) is 18.9 Å². The summed E-state index contributed by atoms with van der Waals surface area (Å²) < 4.78 is 5.18. The van der Waals surface area contributed by atoms with Gasteiger partial charge in [0.2, 0.25) is 11.8 Å². The molecule has 4 rings (SSSR count). The third-order valence-electron chi connectivity index (χ3n) is 5.61. The van der Waals surface area contributed by atoms with Gasteiger partial charge in [-0.05, 0) is 49.2 Å². The smallest absolute Gasteiger partial charge is 0.289 e. The molecule has 1 atom stereocenters. The molecular formula is C22H22N4O4S. The Morgan fingerprint density at radius 1 is 1.13 bits per heavy atom. The second kappa shape index (κ2) is 9.27. The van der Waals surface area contributed by atoms with Gasteiger partial charge in [-0.2, -0.15) is 5.26 Å². The third kappa shape index (κ3) is 4.59. The van der Waals surface area contributed by atoms with Gasteiger partial charge in [0.05, 0.1) is 23.8 Å². The van der Waals surface area contributed by atoms with E-state index in [1.165, 1.54) is 6.26 Å². The van der Waals surface area contributed by atoms with Gasteiger partial charge >= 0.3 is 0 Å². The quantitative estimate of drug-likeness (QED) is 0.786. The van der Waals surface area contributed by atoms with E-state index in [2.05, 4.69) is 5.32 Å². The van der Waals surface area contributed by atoms with Crippen molar-refractivity contribution in [3.63, 3.8) is 0 Å². The maximum Gasteiger partial charge on any atom is 0.289 e. The molecule has 9 heteroatoms. The van der Waals surface area contributed by atoms with E-state index in [-0.39, 0.29) is 23.6 Å². The van der Waals surface area contributed by atoms with Crippen LogP contribution in [0.1, 0.15) is 29.0 Å². The Bertz CT molecular complexity index is 992. The number of amides is 3. The zero-order valence-corrected chi connectivity index (χ0v) is 17.6. The largest absolute Gasteiger partial charge is 0.459 e. The maximum absolute atomic E-state index is 13.1. The highest BCUT2D eigenvalue weighted by atomic mass is 32.2. The van der Waals surface area contributed by atoms with Gasteiger partial charge in [-0.15, -0.1) is 11.8 Å². The molecule has 0 bridgehead atoms. The Hall–Kier alpha value is -3.25. The molecule has 1 aromatic carbocycles. The molecule has 3 amide bonds. The Labute approximate surface area is 184 Å². The van der Waals surface area contributed by atoms with E-state index >= 15 is 0 Å². The van der Waals surface area contributed by atoms with Crippen molar-refractivity contribution in [2.24, 2.45) is 5.92 Å².